The number of nitrogens with zero attached hydrogens (tertiary/aromatic N) is 3. The first-order valence-electron chi connectivity index (χ1n) is 9.00. The average Bonchev–Trinajstić information content (AvgIpc) is 3.34. The van der Waals surface area contributed by atoms with E-state index in [0.717, 1.165) is 16.8 Å². The number of carbonyl (C=O) groups is 2. The van der Waals surface area contributed by atoms with Crippen LogP contribution in [0.5, 0.6) is 0 Å². The van der Waals surface area contributed by atoms with Gasteiger partial charge in [0, 0.05) is 29.6 Å². The van der Waals surface area contributed by atoms with E-state index in [1.807, 2.05) is 0 Å². The molecule has 0 aliphatic carbocycles. The first-order chi connectivity index (χ1) is 14.9. The Labute approximate surface area is 186 Å². The van der Waals surface area contributed by atoms with Crippen LogP contribution in [-0.2, 0) is 4.79 Å². The highest BCUT2D eigenvalue weighted by atomic mass is 32.2. The number of aromatic nitrogens is 1. The lowest BCUT2D eigenvalue weighted by Gasteiger charge is -2.15. The van der Waals surface area contributed by atoms with Gasteiger partial charge < -0.3 is 4.57 Å². The lowest BCUT2D eigenvalue weighted by Crippen LogP contribution is -2.44. The van der Waals surface area contributed by atoms with Gasteiger partial charge in [-0.1, -0.05) is 36.0 Å². The third-order valence-electron chi connectivity index (χ3n) is 4.42. The van der Waals surface area contributed by atoms with Gasteiger partial charge in [-0.05, 0) is 48.6 Å². The normalized spacial score (nSPS) is 14.8. The zero-order valence-electron chi connectivity index (χ0n) is 15.8. The topological polar surface area (TPSA) is 97.5 Å². The molecule has 2 amide bonds. The number of rotatable bonds is 5. The van der Waals surface area contributed by atoms with Gasteiger partial charge in [0.1, 0.15) is 0 Å². The first-order valence-corrected chi connectivity index (χ1v) is 10.2. The number of hydrazine groups is 1. The summed E-state index contributed by atoms with van der Waals surface area (Å²) in [5, 5.41) is 12.1. The van der Waals surface area contributed by atoms with Crippen LogP contribution in [0, 0.1) is 10.1 Å². The van der Waals surface area contributed by atoms with Gasteiger partial charge in [-0.3, -0.25) is 25.1 Å². The molecule has 1 saturated heterocycles. The van der Waals surface area contributed by atoms with Crippen LogP contribution in [0.3, 0.4) is 0 Å². The molecule has 1 aromatic heterocycles. The minimum absolute atomic E-state index is 0.0351. The highest BCUT2D eigenvalue weighted by Gasteiger charge is 2.34. The molecule has 10 heteroatoms. The molecule has 0 unspecified atom stereocenters. The molecule has 0 atom stereocenters. The molecular weight excluding hydrogens is 436 g/mol. The van der Waals surface area contributed by atoms with E-state index in [0.29, 0.717) is 21.8 Å². The summed E-state index contributed by atoms with van der Waals surface area (Å²) < 4.78 is 1.93. The summed E-state index contributed by atoms with van der Waals surface area (Å²) in [5.74, 6) is -0.899. The molecule has 0 bridgehead atoms. The number of benzene rings is 2. The van der Waals surface area contributed by atoms with Gasteiger partial charge >= 0.3 is 0 Å². The number of nitro benzene ring substituents is 1. The first kappa shape index (κ1) is 20.5. The van der Waals surface area contributed by atoms with Crippen LogP contribution in [0.4, 0.5) is 5.69 Å². The van der Waals surface area contributed by atoms with Gasteiger partial charge in [-0.15, -0.1) is 0 Å². The van der Waals surface area contributed by atoms with Crippen LogP contribution >= 0.6 is 24.0 Å². The van der Waals surface area contributed by atoms with E-state index < -0.39 is 16.7 Å². The molecule has 0 saturated carbocycles. The number of amides is 2. The number of nitro groups is 1. The van der Waals surface area contributed by atoms with E-state index in [1.54, 1.807) is 71.4 Å². The van der Waals surface area contributed by atoms with Crippen LogP contribution < -0.4 is 5.43 Å². The van der Waals surface area contributed by atoms with Crippen molar-refractivity contribution in [2.45, 2.75) is 0 Å². The maximum absolute atomic E-state index is 12.8. The number of nitrogens with one attached hydrogen (secondary N) is 1. The van der Waals surface area contributed by atoms with Crippen LogP contribution in [0.2, 0.25) is 0 Å². The number of hydrogen-bond acceptors (Lipinski definition) is 6. The summed E-state index contributed by atoms with van der Waals surface area (Å²) in [6.07, 6.45) is 3.37. The van der Waals surface area contributed by atoms with Crippen molar-refractivity contribution in [1.82, 2.24) is 15.0 Å². The second-order valence-corrected chi connectivity index (χ2v) is 8.08. The van der Waals surface area contributed by atoms with E-state index in [1.165, 1.54) is 12.1 Å². The summed E-state index contributed by atoms with van der Waals surface area (Å²) >= 11 is 6.32. The van der Waals surface area contributed by atoms with Gasteiger partial charge in [0.15, 0.2) is 4.32 Å². The average molecular weight is 451 g/mol. The second kappa shape index (κ2) is 8.54. The third-order valence-corrected chi connectivity index (χ3v) is 5.72. The van der Waals surface area contributed by atoms with E-state index in [2.05, 4.69) is 5.43 Å². The Kier molecular flexibility index (Phi) is 5.65. The summed E-state index contributed by atoms with van der Waals surface area (Å²) in [5.41, 5.74) is 4.11. The smallest absolute Gasteiger partial charge is 0.285 e. The Morgan fingerprint density at radius 1 is 1.10 bits per heavy atom. The van der Waals surface area contributed by atoms with E-state index in [4.69, 9.17) is 12.2 Å². The van der Waals surface area contributed by atoms with Gasteiger partial charge in [0.05, 0.1) is 15.5 Å². The predicted molar refractivity (Wildman–Crippen MR) is 121 cm³/mol. The number of thiocarbonyl (C=S) groups is 1. The van der Waals surface area contributed by atoms with Crippen LogP contribution in [0.15, 0.2) is 77.8 Å². The molecular formula is C21H14N4O4S2. The van der Waals surface area contributed by atoms with Crippen molar-refractivity contribution in [3.63, 3.8) is 0 Å². The van der Waals surface area contributed by atoms with Crippen molar-refractivity contribution in [3.8, 4) is 5.69 Å². The van der Waals surface area contributed by atoms with Crippen molar-refractivity contribution in [2.24, 2.45) is 0 Å². The molecule has 1 fully saturated rings. The summed E-state index contributed by atoms with van der Waals surface area (Å²) in [4.78, 5) is 36.2. The minimum Gasteiger partial charge on any atom is -0.317 e. The molecule has 31 heavy (non-hydrogen) atoms. The molecule has 1 aliphatic heterocycles. The Morgan fingerprint density at radius 2 is 1.87 bits per heavy atom. The number of thioether (sulfide) groups is 1. The van der Waals surface area contributed by atoms with Crippen molar-refractivity contribution >= 4 is 51.9 Å². The number of carbonyl (C=O) groups excluding carboxylic acids is 2. The lowest BCUT2D eigenvalue weighted by atomic mass is 10.2. The second-order valence-electron chi connectivity index (χ2n) is 6.40. The van der Waals surface area contributed by atoms with Crippen molar-refractivity contribution in [3.05, 3.63) is 99.2 Å². The predicted octanol–water partition coefficient (Wildman–Crippen LogP) is 3.93. The van der Waals surface area contributed by atoms with E-state index in [9.17, 15) is 19.7 Å². The van der Waals surface area contributed by atoms with Crippen LogP contribution in [-0.4, -0.2) is 30.6 Å². The highest BCUT2D eigenvalue weighted by Crippen LogP contribution is 2.32. The maximum atomic E-state index is 12.8. The molecule has 1 aliphatic rings. The van der Waals surface area contributed by atoms with Crippen LogP contribution in [0.1, 0.15) is 16.1 Å². The van der Waals surface area contributed by atoms with E-state index in [-0.39, 0.29) is 10.0 Å². The fraction of sp³-hybridized carbons (Fsp3) is 0. The van der Waals surface area contributed by atoms with Crippen molar-refractivity contribution < 1.29 is 14.5 Å². The Balaban J connectivity index is 1.58. The monoisotopic (exact) mass is 450 g/mol. The Morgan fingerprint density at radius 3 is 2.61 bits per heavy atom. The maximum Gasteiger partial charge on any atom is 0.285 e. The number of non-ortho nitro benzene ring substituents is 1. The van der Waals surface area contributed by atoms with Gasteiger partial charge in [-0.2, -0.15) is 5.01 Å². The molecule has 4 rings (SSSR count). The molecule has 0 spiro atoms. The van der Waals surface area contributed by atoms with Gasteiger partial charge in [0.2, 0.25) is 0 Å². The summed E-state index contributed by atoms with van der Waals surface area (Å²) in [6.45, 7) is 0. The highest BCUT2D eigenvalue weighted by molar-refractivity contribution is 8.26. The molecule has 0 radical (unpaired) electrons. The van der Waals surface area contributed by atoms with Crippen LogP contribution in [0.25, 0.3) is 11.8 Å². The molecule has 8 nitrogen and oxygen atoms in total. The van der Waals surface area contributed by atoms with Gasteiger partial charge in [-0.25, -0.2) is 0 Å². The summed E-state index contributed by atoms with van der Waals surface area (Å²) in [7, 11) is 0. The fourth-order valence-corrected chi connectivity index (χ4v) is 4.12. The van der Waals surface area contributed by atoms with Crippen molar-refractivity contribution in [1.29, 1.82) is 0 Å². The minimum atomic E-state index is -0.465. The fourth-order valence-electron chi connectivity index (χ4n) is 2.96. The Hall–Kier alpha value is -3.76. The number of hydrogen-bond donors (Lipinski definition) is 1. The summed E-state index contributed by atoms with van der Waals surface area (Å²) in [6, 6.07) is 18.2. The third kappa shape index (κ3) is 4.25. The largest absolute Gasteiger partial charge is 0.317 e. The van der Waals surface area contributed by atoms with E-state index >= 15 is 0 Å². The quantitative estimate of drug-likeness (QED) is 0.274. The molecule has 2 aromatic carbocycles. The molecule has 1 N–H and O–H groups in total. The van der Waals surface area contributed by atoms with Gasteiger partial charge in [0.25, 0.3) is 17.5 Å². The molecule has 2 heterocycles. The van der Waals surface area contributed by atoms with Crippen molar-refractivity contribution in [2.75, 3.05) is 0 Å². The zero-order chi connectivity index (χ0) is 22.0. The lowest BCUT2D eigenvalue weighted by molar-refractivity contribution is -0.384. The Bertz CT molecular complexity index is 1240. The zero-order valence-corrected chi connectivity index (χ0v) is 17.4. The molecule has 3 aromatic rings. The molecule has 154 valence electrons. The SMILES string of the molecule is O=C(NN1C(=O)/C(=C/c2cccn2-c2cccc([N+](=O)[O-])c2)SC1=S)c1ccccc1. The standard InChI is InChI=1S/C21H14N4O4S2/c26-19(14-6-2-1-3-7-14)22-24-20(27)18(31-21(24)30)13-16-10-5-11-23(16)15-8-4-9-17(12-15)25(28)29/h1-13H,(H,22,26)/b18-13-.